The number of carbonyl (C=O) groups excluding carboxylic acids is 4. The molecule has 1 amide bonds. The van der Waals surface area contributed by atoms with Crippen LogP contribution in [0.4, 0.5) is 13.2 Å². The SMILES string of the molecule is COC(=O)C[C@@H](C(=O)OC)[C@@H](NC(=O)[C@H](O)c1ccc(C(F)(F)F)cc1)C(=O)OC. The molecule has 0 aliphatic rings. The summed E-state index contributed by atoms with van der Waals surface area (Å²) in [6, 6.07) is 1.35. The van der Waals surface area contributed by atoms with E-state index in [1.807, 2.05) is 0 Å². The van der Waals surface area contributed by atoms with Gasteiger partial charge in [-0.3, -0.25) is 14.4 Å². The van der Waals surface area contributed by atoms with Crippen LogP contribution in [0.25, 0.3) is 0 Å². The van der Waals surface area contributed by atoms with Gasteiger partial charge in [-0.2, -0.15) is 13.2 Å². The maximum atomic E-state index is 12.6. The first-order valence-electron chi connectivity index (χ1n) is 8.34. The lowest BCUT2D eigenvalue weighted by Gasteiger charge is -2.24. The van der Waals surface area contributed by atoms with Gasteiger partial charge in [-0.15, -0.1) is 0 Å². The Labute approximate surface area is 169 Å². The summed E-state index contributed by atoms with van der Waals surface area (Å²) in [6.07, 6.45) is -7.24. The van der Waals surface area contributed by atoms with E-state index in [-0.39, 0.29) is 5.56 Å². The number of alkyl halides is 3. The fourth-order valence-electron chi connectivity index (χ4n) is 2.44. The van der Waals surface area contributed by atoms with Crippen LogP contribution in [0.15, 0.2) is 24.3 Å². The maximum absolute atomic E-state index is 12.6. The molecule has 0 saturated carbocycles. The Morgan fingerprint density at radius 1 is 0.967 bits per heavy atom. The summed E-state index contributed by atoms with van der Waals surface area (Å²) in [5.41, 5.74) is -1.19. The molecule has 0 saturated heterocycles. The molecule has 166 valence electrons. The lowest BCUT2D eigenvalue weighted by Crippen LogP contribution is -2.51. The molecular formula is C18H20F3NO8. The fraction of sp³-hybridized carbons (Fsp3) is 0.444. The van der Waals surface area contributed by atoms with Crippen LogP contribution in [0.2, 0.25) is 0 Å². The third-order valence-electron chi connectivity index (χ3n) is 4.08. The molecule has 1 rings (SSSR count). The van der Waals surface area contributed by atoms with Crippen LogP contribution in [0.5, 0.6) is 0 Å². The normalized spacial score (nSPS) is 14.1. The summed E-state index contributed by atoms with van der Waals surface area (Å²) >= 11 is 0. The van der Waals surface area contributed by atoms with Crippen molar-refractivity contribution in [1.29, 1.82) is 0 Å². The number of rotatable bonds is 8. The highest BCUT2D eigenvalue weighted by Gasteiger charge is 2.39. The first-order valence-corrected chi connectivity index (χ1v) is 8.34. The van der Waals surface area contributed by atoms with Gasteiger partial charge in [0.25, 0.3) is 5.91 Å². The molecule has 0 fully saturated rings. The van der Waals surface area contributed by atoms with Gasteiger partial charge in [0, 0.05) is 0 Å². The molecule has 12 heteroatoms. The van der Waals surface area contributed by atoms with E-state index in [0.717, 1.165) is 33.5 Å². The van der Waals surface area contributed by atoms with Crippen LogP contribution in [0, 0.1) is 5.92 Å². The van der Waals surface area contributed by atoms with Crippen molar-refractivity contribution < 1.29 is 51.7 Å². The largest absolute Gasteiger partial charge is 0.469 e. The number of nitrogens with one attached hydrogen (secondary N) is 1. The summed E-state index contributed by atoms with van der Waals surface area (Å²) < 4.78 is 51.4. The van der Waals surface area contributed by atoms with Crippen LogP contribution in [-0.4, -0.2) is 56.3 Å². The fourth-order valence-corrected chi connectivity index (χ4v) is 2.44. The van der Waals surface area contributed by atoms with E-state index in [1.54, 1.807) is 0 Å². The van der Waals surface area contributed by atoms with E-state index < -0.39 is 60.0 Å². The number of carbonyl (C=O) groups is 4. The first-order chi connectivity index (χ1) is 14.0. The van der Waals surface area contributed by atoms with Gasteiger partial charge >= 0.3 is 24.1 Å². The molecule has 0 radical (unpaired) electrons. The zero-order valence-electron chi connectivity index (χ0n) is 16.2. The summed E-state index contributed by atoms with van der Waals surface area (Å²) in [5, 5.41) is 12.2. The number of aliphatic hydroxyl groups excluding tert-OH is 1. The topological polar surface area (TPSA) is 128 Å². The molecule has 3 atom stereocenters. The number of esters is 3. The molecule has 2 N–H and O–H groups in total. The number of benzene rings is 1. The van der Waals surface area contributed by atoms with Crippen LogP contribution in [0.3, 0.4) is 0 Å². The lowest BCUT2D eigenvalue weighted by molar-refractivity contribution is -0.159. The van der Waals surface area contributed by atoms with Crippen molar-refractivity contribution in [2.24, 2.45) is 5.92 Å². The van der Waals surface area contributed by atoms with E-state index >= 15 is 0 Å². The molecule has 1 aromatic carbocycles. The Hall–Kier alpha value is -3.15. The Morgan fingerprint density at radius 3 is 1.93 bits per heavy atom. The van der Waals surface area contributed by atoms with Crippen molar-refractivity contribution in [3.05, 3.63) is 35.4 Å². The molecular weight excluding hydrogens is 415 g/mol. The first kappa shape index (κ1) is 24.9. The predicted octanol–water partition coefficient (Wildman–Crippen LogP) is 0.749. The number of aliphatic hydroxyl groups is 1. The van der Waals surface area contributed by atoms with Gasteiger partial charge in [0.2, 0.25) is 0 Å². The van der Waals surface area contributed by atoms with Crippen molar-refractivity contribution in [3.63, 3.8) is 0 Å². The molecule has 0 aliphatic heterocycles. The quantitative estimate of drug-likeness (QED) is 0.452. The van der Waals surface area contributed by atoms with Gasteiger partial charge in [0.1, 0.15) is 6.04 Å². The van der Waals surface area contributed by atoms with Gasteiger partial charge in [0.05, 0.1) is 39.2 Å². The lowest BCUT2D eigenvalue weighted by atomic mass is 9.95. The average Bonchev–Trinajstić information content (AvgIpc) is 2.73. The van der Waals surface area contributed by atoms with Crippen molar-refractivity contribution >= 4 is 23.8 Å². The third-order valence-corrected chi connectivity index (χ3v) is 4.08. The highest BCUT2D eigenvalue weighted by molar-refractivity contribution is 5.92. The van der Waals surface area contributed by atoms with E-state index in [1.165, 1.54) is 0 Å². The smallest absolute Gasteiger partial charge is 0.416 e. The second-order valence-corrected chi connectivity index (χ2v) is 5.94. The molecule has 0 aromatic heterocycles. The number of halogens is 3. The Bertz CT molecular complexity index is 779. The number of methoxy groups -OCH3 is 3. The molecule has 9 nitrogen and oxygen atoms in total. The Kier molecular flexibility index (Phi) is 8.77. The van der Waals surface area contributed by atoms with Crippen molar-refractivity contribution in [1.82, 2.24) is 5.32 Å². The van der Waals surface area contributed by atoms with Gasteiger partial charge < -0.3 is 24.6 Å². The highest BCUT2D eigenvalue weighted by atomic mass is 19.4. The Balaban J connectivity index is 3.10. The monoisotopic (exact) mass is 435 g/mol. The van der Waals surface area contributed by atoms with Crippen LogP contribution < -0.4 is 5.32 Å². The van der Waals surface area contributed by atoms with E-state index in [9.17, 15) is 37.5 Å². The van der Waals surface area contributed by atoms with Crippen LogP contribution >= 0.6 is 0 Å². The standard InChI is InChI=1S/C18H20F3NO8/c1-28-12(23)8-11(16(26)29-2)13(17(27)30-3)22-15(25)14(24)9-4-6-10(7-5-9)18(19,20)21/h4-7,11,13-14,24H,8H2,1-3H3,(H,22,25)/t11-,13-,14-/m1/s1. The van der Waals surface area contributed by atoms with Crippen molar-refractivity contribution in [3.8, 4) is 0 Å². The van der Waals surface area contributed by atoms with Crippen molar-refractivity contribution in [2.45, 2.75) is 24.7 Å². The minimum Gasteiger partial charge on any atom is -0.469 e. The minimum atomic E-state index is -4.61. The zero-order valence-corrected chi connectivity index (χ0v) is 16.2. The van der Waals surface area contributed by atoms with E-state index in [4.69, 9.17) is 0 Å². The average molecular weight is 435 g/mol. The Morgan fingerprint density at radius 2 is 1.50 bits per heavy atom. The van der Waals surface area contributed by atoms with Gasteiger partial charge in [-0.25, -0.2) is 4.79 Å². The van der Waals surface area contributed by atoms with E-state index in [0.29, 0.717) is 12.1 Å². The molecule has 30 heavy (non-hydrogen) atoms. The predicted molar refractivity (Wildman–Crippen MR) is 92.5 cm³/mol. The zero-order chi connectivity index (χ0) is 23.1. The molecule has 0 aliphatic carbocycles. The molecule has 0 unspecified atom stereocenters. The molecule has 0 heterocycles. The highest BCUT2D eigenvalue weighted by Crippen LogP contribution is 2.30. The number of ether oxygens (including phenoxy) is 3. The molecule has 1 aromatic rings. The summed E-state index contributed by atoms with van der Waals surface area (Å²) in [5.74, 6) is -5.82. The van der Waals surface area contributed by atoms with Crippen LogP contribution in [0.1, 0.15) is 23.7 Å². The number of amides is 1. The summed E-state index contributed by atoms with van der Waals surface area (Å²) in [7, 11) is 2.98. The molecule has 0 spiro atoms. The van der Waals surface area contributed by atoms with Gasteiger partial charge in [-0.05, 0) is 17.7 Å². The summed E-state index contributed by atoms with van der Waals surface area (Å²) in [4.78, 5) is 48.1. The van der Waals surface area contributed by atoms with E-state index in [2.05, 4.69) is 19.5 Å². The van der Waals surface area contributed by atoms with Gasteiger partial charge in [-0.1, -0.05) is 12.1 Å². The third kappa shape index (κ3) is 6.44. The second kappa shape index (κ2) is 10.6. The minimum absolute atomic E-state index is 0.202. The van der Waals surface area contributed by atoms with Gasteiger partial charge in [0.15, 0.2) is 6.10 Å². The number of hydrogen-bond donors (Lipinski definition) is 2. The number of hydrogen-bond acceptors (Lipinski definition) is 8. The second-order valence-electron chi connectivity index (χ2n) is 5.94. The summed E-state index contributed by atoms with van der Waals surface area (Å²) in [6.45, 7) is 0. The van der Waals surface area contributed by atoms with Crippen molar-refractivity contribution in [2.75, 3.05) is 21.3 Å². The van der Waals surface area contributed by atoms with Crippen LogP contribution in [-0.2, 0) is 39.6 Å². The molecule has 0 bridgehead atoms. The maximum Gasteiger partial charge on any atom is 0.416 e.